The van der Waals surface area contributed by atoms with Crippen LogP contribution in [0.15, 0.2) is 36.5 Å². The van der Waals surface area contributed by atoms with Crippen LogP contribution in [0.25, 0.3) is 16.5 Å². The fourth-order valence-corrected chi connectivity index (χ4v) is 2.36. The Hall–Kier alpha value is -2.23. The number of aromatic nitrogens is 1. The Balaban J connectivity index is 1.89. The molecular formula is C14H14N2O2. The minimum Gasteiger partial charge on any atom is -0.465 e. The zero-order valence-electron chi connectivity index (χ0n) is 9.89. The zero-order chi connectivity index (χ0) is 12.5. The van der Waals surface area contributed by atoms with Crippen LogP contribution in [-0.4, -0.2) is 34.2 Å². The molecule has 1 aliphatic heterocycles. The second kappa shape index (κ2) is 4.22. The monoisotopic (exact) mass is 242 g/mol. The molecule has 18 heavy (non-hydrogen) atoms. The van der Waals surface area contributed by atoms with E-state index in [4.69, 9.17) is 5.11 Å². The lowest BCUT2D eigenvalue weighted by Gasteiger charge is -2.23. The van der Waals surface area contributed by atoms with Gasteiger partial charge in [-0.1, -0.05) is 12.1 Å². The summed E-state index contributed by atoms with van der Waals surface area (Å²) in [6, 6.07) is 8.34. The van der Waals surface area contributed by atoms with Gasteiger partial charge in [0.15, 0.2) is 0 Å². The van der Waals surface area contributed by atoms with Gasteiger partial charge in [-0.05, 0) is 41.1 Å². The van der Waals surface area contributed by atoms with Gasteiger partial charge >= 0.3 is 6.09 Å². The van der Waals surface area contributed by atoms with E-state index in [-0.39, 0.29) is 0 Å². The minimum atomic E-state index is -0.841. The molecule has 1 aliphatic rings. The molecule has 0 aliphatic carbocycles. The third-order valence-electron chi connectivity index (χ3n) is 3.40. The van der Waals surface area contributed by atoms with E-state index < -0.39 is 6.09 Å². The molecule has 0 fully saturated rings. The number of hydrogen-bond donors (Lipinski definition) is 2. The molecule has 0 saturated carbocycles. The highest BCUT2D eigenvalue weighted by Gasteiger charge is 2.16. The molecule has 2 heterocycles. The Bertz CT molecular complexity index is 628. The van der Waals surface area contributed by atoms with Crippen LogP contribution >= 0.6 is 0 Å². The van der Waals surface area contributed by atoms with Crippen LogP contribution in [0, 0.1) is 0 Å². The number of aromatic amines is 1. The van der Waals surface area contributed by atoms with Crippen LogP contribution in [0.2, 0.25) is 0 Å². The first-order valence-electron chi connectivity index (χ1n) is 5.98. The Kier molecular flexibility index (Phi) is 2.55. The number of nitrogens with one attached hydrogen (secondary N) is 1. The third kappa shape index (κ3) is 1.86. The molecular weight excluding hydrogens is 228 g/mol. The van der Waals surface area contributed by atoms with E-state index in [0.29, 0.717) is 13.1 Å². The number of carboxylic acid groups (broad SMARTS) is 1. The first-order chi connectivity index (χ1) is 8.74. The summed E-state index contributed by atoms with van der Waals surface area (Å²) in [5, 5.41) is 10.1. The predicted molar refractivity (Wildman–Crippen MR) is 70.5 cm³/mol. The van der Waals surface area contributed by atoms with Crippen molar-refractivity contribution in [1.82, 2.24) is 9.88 Å². The summed E-state index contributed by atoms with van der Waals surface area (Å²) in [4.78, 5) is 15.4. The molecule has 0 atom stereocenters. The number of nitrogens with zero attached hydrogens (tertiary/aromatic N) is 1. The van der Waals surface area contributed by atoms with Gasteiger partial charge in [-0.2, -0.15) is 0 Å². The van der Waals surface area contributed by atoms with Crippen LogP contribution < -0.4 is 0 Å². The molecule has 2 N–H and O–H groups in total. The van der Waals surface area contributed by atoms with Gasteiger partial charge in [-0.15, -0.1) is 0 Å². The fraction of sp³-hybridized carbons (Fsp3) is 0.214. The van der Waals surface area contributed by atoms with Crippen molar-refractivity contribution in [2.24, 2.45) is 0 Å². The van der Waals surface area contributed by atoms with Crippen molar-refractivity contribution < 1.29 is 9.90 Å². The van der Waals surface area contributed by atoms with Crippen LogP contribution in [0.4, 0.5) is 4.79 Å². The molecule has 2 aromatic rings. The standard InChI is InChI=1S/C14H14N2O2/c17-14(18)16-7-4-10(5-8-16)11-1-2-13-12(9-11)3-6-15-13/h1-4,6,9,15H,5,7-8H2,(H,17,18). The lowest BCUT2D eigenvalue weighted by Crippen LogP contribution is -2.33. The van der Waals surface area contributed by atoms with Crippen LogP contribution in [0.5, 0.6) is 0 Å². The second-order valence-corrected chi connectivity index (χ2v) is 4.49. The maximum Gasteiger partial charge on any atom is 0.407 e. The summed E-state index contributed by atoms with van der Waals surface area (Å²) in [5.41, 5.74) is 3.55. The number of fused-ring (bicyclic) bond motifs is 1. The highest BCUT2D eigenvalue weighted by atomic mass is 16.4. The molecule has 4 nitrogen and oxygen atoms in total. The van der Waals surface area contributed by atoms with Crippen molar-refractivity contribution in [3.8, 4) is 0 Å². The second-order valence-electron chi connectivity index (χ2n) is 4.49. The van der Waals surface area contributed by atoms with Gasteiger partial charge in [-0.3, -0.25) is 0 Å². The van der Waals surface area contributed by atoms with Gasteiger partial charge in [0, 0.05) is 24.8 Å². The third-order valence-corrected chi connectivity index (χ3v) is 3.40. The van der Waals surface area contributed by atoms with Gasteiger partial charge in [0.1, 0.15) is 0 Å². The van der Waals surface area contributed by atoms with Crippen LogP contribution in [0.3, 0.4) is 0 Å². The molecule has 0 bridgehead atoms. The van der Waals surface area contributed by atoms with Crippen molar-refractivity contribution in [2.75, 3.05) is 13.1 Å². The molecule has 3 rings (SSSR count). The van der Waals surface area contributed by atoms with Crippen LogP contribution in [0.1, 0.15) is 12.0 Å². The Morgan fingerprint density at radius 1 is 1.33 bits per heavy atom. The maximum atomic E-state index is 10.8. The topological polar surface area (TPSA) is 56.3 Å². The largest absolute Gasteiger partial charge is 0.465 e. The number of rotatable bonds is 1. The Labute approximate surface area is 105 Å². The van der Waals surface area contributed by atoms with E-state index >= 15 is 0 Å². The first kappa shape index (κ1) is 10.9. The van der Waals surface area contributed by atoms with Gasteiger partial charge in [0.25, 0.3) is 0 Å². The average molecular weight is 242 g/mol. The average Bonchev–Trinajstić information content (AvgIpc) is 2.86. The zero-order valence-corrected chi connectivity index (χ0v) is 9.89. The molecule has 4 heteroatoms. The number of carbonyl (C=O) groups is 1. The van der Waals surface area contributed by atoms with Crippen molar-refractivity contribution in [2.45, 2.75) is 6.42 Å². The number of H-pyrrole nitrogens is 1. The normalized spacial score (nSPS) is 15.8. The lowest BCUT2D eigenvalue weighted by molar-refractivity contribution is 0.150. The molecule has 1 aromatic carbocycles. The van der Waals surface area contributed by atoms with Gasteiger partial charge in [-0.25, -0.2) is 4.79 Å². The highest BCUT2D eigenvalue weighted by molar-refractivity contribution is 5.84. The summed E-state index contributed by atoms with van der Waals surface area (Å²) in [6.07, 6.45) is 3.87. The number of hydrogen-bond acceptors (Lipinski definition) is 1. The summed E-state index contributed by atoms with van der Waals surface area (Å²) < 4.78 is 0. The molecule has 0 saturated heterocycles. The minimum absolute atomic E-state index is 0.482. The lowest BCUT2D eigenvalue weighted by atomic mass is 9.98. The van der Waals surface area contributed by atoms with E-state index in [1.54, 1.807) is 0 Å². The van der Waals surface area contributed by atoms with Crippen molar-refractivity contribution in [3.63, 3.8) is 0 Å². The van der Waals surface area contributed by atoms with Gasteiger partial charge in [0.05, 0.1) is 0 Å². The van der Waals surface area contributed by atoms with Crippen molar-refractivity contribution >= 4 is 22.6 Å². The van der Waals surface area contributed by atoms with E-state index in [9.17, 15) is 4.79 Å². The maximum absolute atomic E-state index is 10.8. The summed E-state index contributed by atoms with van der Waals surface area (Å²) in [6.45, 7) is 1.06. The summed E-state index contributed by atoms with van der Waals surface area (Å²) in [7, 11) is 0. The fourth-order valence-electron chi connectivity index (χ4n) is 2.36. The Morgan fingerprint density at radius 3 is 2.94 bits per heavy atom. The highest BCUT2D eigenvalue weighted by Crippen LogP contribution is 2.25. The predicted octanol–water partition coefficient (Wildman–Crippen LogP) is 2.94. The quantitative estimate of drug-likeness (QED) is 0.807. The van der Waals surface area contributed by atoms with Crippen LogP contribution in [-0.2, 0) is 0 Å². The molecule has 0 unspecified atom stereocenters. The molecule has 0 radical (unpaired) electrons. The van der Waals surface area contributed by atoms with Crippen molar-refractivity contribution in [3.05, 3.63) is 42.1 Å². The number of amides is 1. The van der Waals surface area contributed by atoms with E-state index in [1.165, 1.54) is 21.4 Å². The molecule has 1 amide bonds. The molecule has 92 valence electrons. The van der Waals surface area contributed by atoms with Gasteiger partial charge < -0.3 is 15.0 Å². The molecule has 0 spiro atoms. The van der Waals surface area contributed by atoms with E-state index in [1.807, 2.05) is 18.3 Å². The number of benzene rings is 1. The van der Waals surface area contributed by atoms with E-state index in [0.717, 1.165) is 11.9 Å². The summed E-state index contributed by atoms with van der Waals surface area (Å²) >= 11 is 0. The van der Waals surface area contributed by atoms with E-state index in [2.05, 4.69) is 23.2 Å². The first-order valence-corrected chi connectivity index (χ1v) is 5.98. The van der Waals surface area contributed by atoms with Crippen molar-refractivity contribution in [1.29, 1.82) is 0 Å². The molecule has 1 aromatic heterocycles. The smallest absolute Gasteiger partial charge is 0.407 e. The summed E-state index contributed by atoms with van der Waals surface area (Å²) in [5.74, 6) is 0. The Morgan fingerprint density at radius 2 is 2.22 bits per heavy atom. The SMILES string of the molecule is O=C(O)N1CC=C(c2ccc3[nH]ccc3c2)CC1. The van der Waals surface area contributed by atoms with Gasteiger partial charge in [0.2, 0.25) is 0 Å².